The zero-order valence-corrected chi connectivity index (χ0v) is 21.9. The van der Waals surface area contributed by atoms with Crippen molar-refractivity contribution in [1.29, 1.82) is 5.26 Å². The molecule has 0 bridgehead atoms. The molecule has 0 saturated carbocycles. The minimum absolute atomic E-state index is 0.216. The van der Waals surface area contributed by atoms with Gasteiger partial charge in [-0.15, -0.1) is 0 Å². The summed E-state index contributed by atoms with van der Waals surface area (Å²) in [6, 6.07) is 27.1. The van der Waals surface area contributed by atoms with Crippen LogP contribution in [-0.2, 0) is 4.79 Å². The minimum atomic E-state index is -0.526. The molecule has 1 atom stereocenters. The van der Waals surface area contributed by atoms with E-state index in [0.29, 0.717) is 27.7 Å². The van der Waals surface area contributed by atoms with E-state index >= 15 is 0 Å². The smallest absolute Gasteiger partial charge is 0.237 e. The van der Waals surface area contributed by atoms with Crippen molar-refractivity contribution in [2.45, 2.75) is 24.1 Å². The fourth-order valence-corrected chi connectivity index (χ4v) is 4.71. The minimum Gasteiger partial charge on any atom is -0.497 e. The van der Waals surface area contributed by atoms with Crippen molar-refractivity contribution >= 4 is 23.4 Å². The van der Waals surface area contributed by atoms with Gasteiger partial charge in [0.1, 0.15) is 22.6 Å². The molecule has 1 heterocycles. The van der Waals surface area contributed by atoms with E-state index in [1.165, 1.54) is 11.8 Å². The number of thioether (sulfide) groups is 1. The molecule has 1 aromatic heterocycles. The summed E-state index contributed by atoms with van der Waals surface area (Å²) in [5, 5.41) is 13.1. The van der Waals surface area contributed by atoms with E-state index in [4.69, 9.17) is 14.5 Å². The molecule has 1 amide bonds. The highest BCUT2D eigenvalue weighted by Crippen LogP contribution is 2.36. The van der Waals surface area contributed by atoms with Crippen LogP contribution in [-0.4, -0.2) is 30.4 Å². The Morgan fingerprint density at radius 2 is 1.65 bits per heavy atom. The zero-order chi connectivity index (χ0) is 26.4. The number of pyridine rings is 1. The summed E-state index contributed by atoms with van der Waals surface area (Å²) in [5.74, 6) is 1.10. The number of nitrogens with one attached hydrogen (secondary N) is 1. The van der Waals surface area contributed by atoms with Gasteiger partial charge in [0.2, 0.25) is 5.91 Å². The number of aryl methyl sites for hydroxylation is 1. The lowest BCUT2D eigenvalue weighted by molar-refractivity contribution is -0.115. The predicted octanol–water partition coefficient (Wildman–Crippen LogP) is 6.73. The van der Waals surface area contributed by atoms with Gasteiger partial charge in [0.15, 0.2) is 0 Å². The number of rotatable bonds is 8. The number of nitriles is 1. The van der Waals surface area contributed by atoms with E-state index < -0.39 is 5.25 Å². The summed E-state index contributed by atoms with van der Waals surface area (Å²) in [7, 11) is 3.18. The zero-order valence-electron chi connectivity index (χ0n) is 21.1. The molecule has 186 valence electrons. The summed E-state index contributed by atoms with van der Waals surface area (Å²) in [6.45, 7) is 3.82. The first-order chi connectivity index (χ1) is 17.9. The highest BCUT2D eigenvalue weighted by atomic mass is 32.2. The van der Waals surface area contributed by atoms with Crippen LogP contribution in [0.5, 0.6) is 11.5 Å². The van der Waals surface area contributed by atoms with Crippen LogP contribution in [0.4, 0.5) is 5.69 Å². The molecule has 4 rings (SSSR count). The molecule has 1 unspecified atom stereocenters. The molecule has 6 nitrogen and oxygen atoms in total. The topological polar surface area (TPSA) is 84.2 Å². The number of hydrogen-bond acceptors (Lipinski definition) is 6. The Morgan fingerprint density at radius 3 is 2.30 bits per heavy atom. The molecule has 1 N–H and O–H groups in total. The van der Waals surface area contributed by atoms with Crippen LogP contribution >= 0.6 is 11.8 Å². The van der Waals surface area contributed by atoms with Crippen molar-refractivity contribution in [2.75, 3.05) is 19.5 Å². The molecule has 0 aliphatic rings. The van der Waals surface area contributed by atoms with E-state index in [-0.39, 0.29) is 5.91 Å². The van der Waals surface area contributed by atoms with Gasteiger partial charge in [-0.2, -0.15) is 5.26 Å². The fourth-order valence-electron chi connectivity index (χ4n) is 3.79. The number of carbonyl (C=O) groups excluding carboxylic acids is 1. The Bertz CT molecular complexity index is 1440. The molecule has 3 aromatic carbocycles. The number of nitrogens with zero attached hydrogens (tertiary/aromatic N) is 2. The van der Waals surface area contributed by atoms with E-state index in [2.05, 4.69) is 11.4 Å². The van der Waals surface area contributed by atoms with Crippen LogP contribution in [0.1, 0.15) is 18.1 Å². The molecular formula is C30H27N3O3S. The lowest BCUT2D eigenvalue weighted by Crippen LogP contribution is -2.23. The summed E-state index contributed by atoms with van der Waals surface area (Å²) in [6.07, 6.45) is 0. The third-order valence-corrected chi connectivity index (χ3v) is 6.96. The molecule has 0 saturated heterocycles. The molecular weight excluding hydrogens is 482 g/mol. The van der Waals surface area contributed by atoms with Crippen molar-refractivity contribution in [3.8, 4) is 40.0 Å². The van der Waals surface area contributed by atoms with Gasteiger partial charge in [-0.3, -0.25) is 4.79 Å². The number of benzene rings is 3. The summed E-state index contributed by atoms with van der Waals surface area (Å²) in [4.78, 5) is 17.9. The third kappa shape index (κ3) is 5.93. The summed E-state index contributed by atoms with van der Waals surface area (Å²) in [5.41, 5.74) is 5.41. The molecule has 4 aromatic rings. The molecule has 0 fully saturated rings. The van der Waals surface area contributed by atoms with Crippen molar-refractivity contribution < 1.29 is 14.3 Å². The van der Waals surface area contributed by atoms with Crippen LogP contribution in [0, 0.1) is 18.3 Å². The highest BCUT2D eigenvalue weighted by Gasteiger charge is 2.22. The molecule has 0 aliphatic heterocycles. The van der Waals surface area contributed by atoms with Crippen molar-refractivity contribution in [3.05, 3.63) is 90.0 Å². The maximum absolute atomic E-state index is 13.1. The van der Waals surface area contributed by atoms with Gasteiger partial charge < -0.3 is 14.8 Å². The number of methoxy groups -OCH3 is 2. The first-order valence-electron chi connectivity index (χ1n) is 11.7. The summed E-state index contributed by atoms with van der Waals surface area (Å²) >= 11 is 1.25. The number of ether oxygens (including phenoxy) is 2. The van der Waals surface area contributed by atoms with Gasteiger partial charge in [0, 0.05) is 11.1 Å². The van der Waals surface area contributed by atoms with Crippen LogP contribution < -0.4 is 14.8 Å². The Balaban J connectivity index is 1.74. The van der Waals surface area contributed by atoms with E-state index in [1.807, 2.05) is 73.7 Å². The molecule has 0 aliphatic carbocycles. The van der Waals surface area contributed by atoms with E-state index in [1.54, 1.807) is 33.3 Å². The monoisotopic (exact) mass is 509 g/mol. The number of carbonyl (C=O) groups is 1. The second-order valence-corrected chi connectivity index (χ2v) is 9.72. The lowest BCUT2D eigenvalue weighted by atomic mass is 9.98. The van der Waals surface area contributed by atoms with Crippen LogP contribution in [0.25, 0.3) is 22.4 Å². The van der Waals surface area contributed by atoms with Gasteiger partial charge in [-0.05, 0) is 61.9 Å². The largest absolute Gasteiger partial charge is 0.497 e. The Kier molecular flexibility index (Phi) is 8.11. The number of amides is 1. The second kappa shape index (κ2) is 11.6. The van der Waals surface area contributed by atoms with Crippen LogP contribution in [0.3, 0.4) is 0 Å². The van der Waals surface area contributed by atoms with E-state index in [9.17, 15) is 10.1 Å². The van der Waals surface area contributed by atoms with Gasteiger partial charge >= 0.3 is 0 Å². The van der Waals surface area contributed by atoms with E-state index in [0.717, 1.165) is 28.0 Å². The predicted molar refractivity (Wildman–Crippen MR) is 148 cm³/mol. The Morgan fingerprint density at radius 1 is 0.973 bits per heavy atom. The number of anilines is 1. The van der Waals surface area contributed by atoms with Crippen molar-refractivity contribution in [2.24, 2.45) is 0 Å². The van der Waals surface area contributed by atoms with Gasteiger partial charge in [0.05, 0.1) is 36.4 Å². The maximum atomic E-state index is 13.1. The average molecular weight is 510 g/mol. The van der Waals surface area contributed by atoms with Crippen LogP contribution in [0.15, 0.2) is 83.9 Å². The third-order valence-electron chi connectivity index (χ3n) is 5.87. The molecule has 0 spiro atoms. The van der Waals surface area contributed by atoms with Gasteiger partial charge in [-0.25, -0.2) is 4.98 Å². The Hall–Kier alpha value is -4.28. The number of aromatic nitrogens is 1. The average Bonchev–Trinajstić information content (AvgIpc) is 2.93. The Labute approximate surface area is 221 Å². The number of para-hydroxylation sites is 2. The maximum Gasteiger partial charge on any atom is 0.237 e. The van der Waals surface area contributed by atoms with Gasteiger partial charge in [0.25, 0.3) is 0 Å². The van der Waals surface area contributed by atoms with Crippen LogP contribution in [0.2, 0.25) is 0 Å². The SMILES string of the molecule is COc1ccc(-c2cc(-c3ccc(C)cc3)c(C#N)c(SC(C)C(=O)Nc3ccccc3OC)n2)cc1. The van der Waals surface area contributed by atoms with Crippen molar-refractivity contribution in [1.82, 2.24) is 4.98 Å². The lowest BCUT2D eigenvalue weighted by Gasteiger charge is -2.17. The van der Waals surface area contributed by atoms with Crippen molar-refractivity contribution in [3.63, 3.8) is 0 Å². The molecule has 37 heavy (non-hydrogen) atoms. The standard InChI is InChI=1S/C30H27N3O3S/c1-19-9-11-21(12-10-19)24-17-27(22-13-15-23(35-3)16-14-22)33-30(25(24)18-31)37-20(2)29(34)32-26-7-5-6-8-28(26)36-4/h5-17,20H,1-4H3,(H,32,34). The normalized spacial score (nSPS) is 11.3. The number of hydrogen-bond donors (Lipinski definition) is 1. The molecule has 7 heteroatoms. The first kappa shape index (κ1) is 25.8. The van der Waals surface area contributed by atoms with Gasteiger partial charge in [-0.1, -0.05) is 53.7 Å². The molecule has 0 radical (unpaired) electrons. The first-order valence-corrected chi connectivity index (χ1v) is 12.6. The fraction of sp³-hybridized carbons (Fsp3) is 0.167. The quantitative estimate of drug-likeness (QED) is 0.265. The second-order valence-electron chi connectivity index (χ2n) is 8.39. The summed E-state index contributed by atoms with van der Waals surface area (Å²) < 4.78 is 10.6. The highest BCUT2D eigenvalue weighted by molar-refractivity contribution is 8.00.